The minimum atomic E-state index is -0.0527. The molecule has 23 heavy (non-hydrogen) atoms. The van der Waals surface area contributed by atoms with Gasteiger partial charge in [-0.25, -0.2) is 0 Å². The van der Waals surface area contributed by atoms with Crippen LogP contribution in [0.1, 0.15) is 66.2 Å². The highest BCUT2D eigenvalue weighted by molar-refractivity contribution is 5.82. The second-order valence-corrected chi connectivity index (χ2v) is 8.73. The molecule has 0 bridgehead atoms. The molecule has 0 aromatic carbocycles. The lowest BCUT2D eigenvalue weighted by molar-refractivity contribution is -0.136. The molecule has 0 unspecified atom stereocenters. The molecule has 1 saturated heterocycles. The molecule has 1 heterocycles. The lowest BCUT2D eigenvalue weighted by atomic mass is 9.86. The van der Waals surface area contributed by atoms with Crippen molar-refractivity contribution in [2.75, 3.05) is 19.7 Å². The number of aliphatic hydroxyl groups excluding tert-OH is 1. The first kappa shape index (κ1) is 18.7. The summed E-state index contributed by atoms with van der Waals surface area (Å²) in [6, 6.07) is 0.397. The van der Waals surface area contributed by atoms with Crippen LogP contribution in [0.25, 0.3) is 0 Å². The lowest BCUT2D eigenvalue weighted by Crippen LogP contribution is -2.54. The predicted molar refractivity (Wildman–Crippen MR) is 94.2 cm³/mol. The van der Waals surface area contributed by atoms with E-state index < -0.39 is 0 Å². The summed E-state index contributed by atoms with van der Waals surface area (Å²) >= 11 is 0. The highest BCUT2D eigenvalue weighted by atomic mass is 16.3. The number of carbonyl (C=O) groups is 1. The molecule has 2 aliphatic rings. The zero-order valence-corrected chi connectivity index (χ0v) is 15.5. The van der Waals surface area contributed by atoms with Gasteiger partial charge in [0.05, 0.1) is 6.04 Å². The summed E-state index contributed by atoms with van der Waals surface area (Å²) in [7, 11) is 0. The van der Waals surface area contributed by atoms with Gasteiger partial charge in [0.1, 0.15) is 0 Å². The Morgan fingerprint density at radius 2 is 1.91 bits per heavy atom. The Labute approximate surface area is 142 Å². The SMILES string of the molecule is CC(C)C[C@H](N[C@H]1CCCC1(C)C)C(=O)N1CCC(CO)CC1. The Morgan fingerprint density at radius 3 is 2.39 bits per heavy atom. The first-order valence-electron chi connectivity index (χ1n) is 9.49. The average molecular weight is 325 g/mol. The molecule has 0 aromatic heterocycles. The van der Waals surface area contributed by atoms with E-state index in [1.807, 2.05) is 4.90 Å². The molecule has 134 valence electrons. The fourth-order valence-electron chi connectivity index (χ4n) is 4.15. The Balaban J connectivity index is 1.98. The van der Waals surface area contributed by atoms with Gasteiger partial charge in [-0.15, -0.1) is 0 Å². The predicted octanol–water partition coefficient (Wildman–Crippen LogP) is 2.80. The van der Waals surface area contributed by atoms with Gasteiger partial charge in [0.15, 0.2) is 0 Å². The van der Waals surface area contributed by atoms with Crippen LogP contribution in [0.4, 0.5) is 0 Å². The maximum atomic E-state index is 13.0. The summed E-state index contributed by atoms with van der Waals surface area (Å²) in [5.74, 6) is 1.16. The van der Waals surface area contributed by atoms with Crippen LogP contribution in [-0.4, -0.2) is 47.7 Å². The first-order valence-corrected chi connectivity index (χ1v) is 9.49. The monoisotopic (exact) mass is 324 g/mol. The van der Waals surface area contributed by atoms with Crippen LogP contribution in [0, 0.1) is 17.3 Å². The smallest absolute Gasteiger partial charge is 0.239 e. The molecule has 4 nitrogen and oxygen atoms in total. The molecular weight excluding hydrogens is 288 g/mol. The number of nitrogens with zero attached hydrogens (tertiary/aromatic N) is 1. The molecule has 0 radical (unpaired) electrons. The Bertz CT molecular complexity index is 387. The van der Waals surface area contributed by atoms with Crippen LogP contribution >= 0.6 is 0 Å². The fourth-order valence-corrected chi connectivity index (χ4v) is 4.15. The van der Waals surface area contributed by atoms with E-state index in [0.717, 1.165) is 32.4 Å². The topological polar surface area (TPSA) is 52.6 Å². The van der Waals surface area contributed by atoms with Crippen LogP contribution in [0.15, 0.2) is 0 Å². The summed E-state index contributed by atoms with van der Waals surface area (Å²) in [4.78, 5) is 15.1. The average Bonchev–Trinajstić information content (AvgIpc) is 2.84. The van der Waals surface area contributed by atoms with Crippen molar-refractivity contribution in [3.63, 3.8) is 0 Å². The number of piperidine rings is 1. The van der Waals surface area contributed by atoms with Crippen molar-refractivity contribution in [2.45, 2.75) is 78.3 Å². The van der Waals surface area contributed by atoms with Gasteiger partial charge >= 0.3 is 0 Å². The van der Waals surface area contributed by atoms with E-state index >= 15 is 0 Å². The Hall–Kier alpha value is -0.610. The van der Waals surface area contributed by atoms with Crippen molar-refractivity contribution < 1.29 is 9.90 Å². The van der Waals surface area contributed by atoms with Gasteiger partial charge in [-0.05, 0) is 49.4 Å². The van der Waals surface area contributed by atoms with Gasteiger partial charge < -0.3 is 15.3 Å². The van der Waals surface area contributed by atoms with Crippen molar-refractivity contribution in [3.05, 3.63) is 0 Å². The van der Waals surface area contributed by atoms with Gasteiger partial charge in [-0.3, -0.25) is 4.79 Å². The second-order valence-electron chi connectivity index (χ2n) is 8.73. The van der Waals surface area contributed by atoms with E-state index in [0.29, 0.717) is 23.3 Å². The van der Waals surface area contributed by atoms with E-state index in [1.54, 1.807) is 0 Å². The van der Waals surface area contributed by atoms with Crippen molar-refractivity contribution in [3.8, 4) is 0 Å². The highest BCUT2D eigenvalue weighted by Crippen LogP contribution is 2.37. The zero-order valence-electron chi connectivity index (χ0n) is 15.5. The van der Waals surface area contributed by atoms with Crippen LogP contribution in [0.3, 0.4) is 0 Å². The highest BCUT2D eigenvalue weighted by Gasteiger charge is 2.38. The van der Waals surface area contributed by atoms with E-state index in [2.05, 4.69) is 33.0 Å². The molecule has 1 aliphatic heterocycles. The summed E-state index contributed by atoms with van der Waals surface area (Å²) in [6.45, 7) is 10.9. The number of hydrogen-bond acceptors (Lipinski definition) is 3. The van der Waals surface area contributed by atoms with Crippen molar-refractivity contribution in [1.82, 2.24) is 10.2 Å². The molecule has 1 aliphatic carbocycles. The van der Waals surface area contributed by atoms with Gasteiger partial charge in [-0.2, -0.15) is 0 Å². The third-order valence-corrected chi connectivity index (χ3v) is 5.85. The second kappa shape index (κ2) is 7.98. The van der Waals surface area contributed by atoms with Crippen LogP contribution in [0.5, 0.6) is 0 Å². The quantitative estimate of drug-likeness (QED) is 0.790. The summed E-state index contributed by atoms with van der Waals surface area (Å²) in [5, 5.41) is 13.0. The molecule has 2 N–H and O–H groups in total. The van der Waals surface area contributed by atoms with Gasteiger partial charge in [0, 0.05) is 25.7 Å². The van der Waals surface area contributed by atoms with Crippen molar-refractivity contribution >= 4 is 5.91 Å². The van der Waals surface area contributed by atoms with Crippen molar-refractivity contribution in [1.29, 1.82) is 0 Å². The third-order valence-electron chi connectivity index (χ3n) is 5.85. The van der Waals surface area contributed by atoms with Gasteiger partial charge in [-0.1, -0.05) is 34.1 Å². The van der Waals surface area contributed by atoms with Gasteiger partial charge in [0.25, 0.3) is 0 Å². The van der Waals surface area contributed by atoms with Crippen LogP contribution in [-0.2, 0) is 4.79 Å². The number of carbonyl (C=O) groups excluding carboxylic acids is 1. The normalized spacial score (nSPS) is 26.7. The number of aliphatic hydroxyl groups is 1. The number of hydrogen-bond donors (Lipinski definition) is 2. The Kier molecular flexibility index (Phi) is 6.49. The lowest BCUT2D eigenvalue weighted by Gasteiger charge is -2.37. The number of nitrogens with one attached hydrogen (secondary N) is 1. The minimum Gasteiger partial charge on any atom is -0.396 e. The standard InChI is InChI=1S/C19H36N2O2/c1-14(2)12-16(20-17-6-5-9-19(17,3)4)18(23)21-10-7-15(13-22)8-11-21/h14-17,20,22H,5-13H2,1-4H3/t16-,17-/m0/s1. The van der Waals surface area contributed by atoms with Crippen LogP contribution < -0.4 is 5.32 Å². The number of amides is 1. The first-order chi connectivity index (χ1) is 10.8. The van der Waals surface area contributed by atoms with E-state index in [-0.39, 0.29) is 18.6 Å². The van der Waals surface area contributed by atoms with Crippen LogP contribution in [0.2, 0.25) is 0 Å². The molecule has 0 aromatic rings. The van der Waals surface area contributed by atoms with E-state index in [1.165, 1.54) is 19.3 Å². The largest absolute Gasteiger partial charge is 0.396 e. The summed E-state index contributed by atoms with van der Waals surface area (Å²) < 4.78 is 0. The molecule has 1 saturated carbocycles. The van der Waals surface area contributed by atoms with E-state index in [9.17, 15) is 9.90 Å². The minimum absolute atomic E-state index is 0.0527. The number of rotatable bonds is 6. The van der Waals surface area contributed by atoms with Crippen molar-refractivity contribution in [2.24, 2.45) is 17.3 Å². The molecule has 1 amide bonds. The molecule has 2 fully saturated rings. The maximum absolute atomic E-state index is 13.0. The molecule has 2 rings (SSSR count). The Morgan fingerprint density at radius 1 is 1.26 bits per heavy atom. The summed E-state index contributed by atoms with van der Waals surface area (Å²) in [5.41, 5.74) is 0.291. The zero-order chi connectivity index (χ0) is 17.0. The molecule has 4 heteroatoms. The number of likely N-dealkylation sites (tertiary alicyclic amines) is 1. The maximum Gasteiger partial charge on any atom is 0.239 e. The molecule has 0 spiro atoms. The molecule has 2 atom stereocenters. The summed E-state index contributed by atoms with van der Waals surface area (Å²) in [6.07, 6.45) is 6.47. The third kappa shape index (κ3) is 4.93. The molecular formula is C19H36N2O2. The van der Waals surface area contributed by atoms with Gasteiger partial charge in [0.2, 0.25) is 5.91 Å². The fraction of sp³-hybridized carbons (Fsp3) is 0.947. The van der Waals surface area contributed by atoms with E-state index in [4.69, 9.17) is 0 Å².